The Morgan fingerprint density at radius 2 is 1.90 bits per heavy atom. The third-order valence-electron chi connectivity index (χ3n) is 3.61. The number of nitrogens with two attached hydrogens (primary N) is 1. The van der Waals surface area contributed by atoms with Crippen LogP contribution in [0.15, 0.2) is 4.52 Å². The molecule has 1 aliphatic rings. The van der Waals surface area contributed by atoms with Crippen molar-refractivity contribution in [3.8, 4) is 0 Å². The summed E-state index contributed by atoms with van der Waals surface area (Å²) < 4.78 is 5.06. The van der Waals surface area contributed by atoms with E-state index in [0.29, 0.717) is 38.4 Å². The van der Waals surface area contributed by atoms with Crippen LogP contribution in [-0.4, -0.2) is 59.5 Å². The van der Waals surface area contributed by atoms with E-state index < -0.39 is 0 Å². The van der Waals surface area contributed by atoms with E-state index >= 15 is 0 Å². The Hall–Kier alpha value is -1.89. The standard InChI is InChI=1S/C13H20N4O3/c1-9-11(10(2)20-15-9)7-13(19)17-5-3-16(4-6-17)8-12(14)18/h3-8H2,1-2H3,(H2,14,18). The van der Waals surface area contributed by atoms with E-state index in [2.05, 4.69) is 5.16 Å². The first-order valence-electron chi connectivity index (χ1n) is 6.67. The summed E-state index contributed by atoms with van der Waals surface area (Å²) in [6, 6.07) is 0. The molecule has 0 spiro atoms. The average molecular weight is 280 g/mol. The zero-order chi connectivity index (χ0) is 14.7. The molecular weight excluding hydrogens is 260 g/mol. The lowest BCUT2D eigenvalue weighted by atomic mass is 10.1. The second kappa shape index (κ2) is 6.04. The van der Waals surface area contributed by atoms with Gasteiger partial charge in [0.25, 0.3) is 0 Å². The molecular formula is C13H20N4O3. The van der Waals surface area contributed by atoms with Crippen LogP contribution in [0.25, 0.3) is 0 Å². The van der Waals surface area contributed by atoms with E-state index in [1.54, 1.807) is 0 Å². The normalized spacial score (nSPS) is 16.4. The van der Waals surface area contributed by atoms with Crippen molar-refractivity contribution in [1.29, 1.82) is 0 Å². The van der Waals surface area contributed by atoms with Gasteiger partial charge in [-0.15, -0.1) is 0 Å². The van der Waals surface area contributed by atoms with E-state index in [1.807, 2.05) is 23.6 Å². The predicted octanol–water partition coefficient (Wildman–Crippen LogP) is -0.537. The van der Waals surface area contributed by atoms with Crippen molar-refractivity contribution in [3.63, 3.8) is 0 Å². The molecule has 7 nitrogen and oxygen atoms in total. The third kappa shape index (κ3) is 3.36. The molecule has 20 heavy (non-hydrogen) atoms. The van der Waals surface area contributed by atoms with Crippen LogP contribution >= 0.6 is 0 Å². The largest absolute Gasteiger partial charge is 0.369 e. The van der Waals surface area contributed by atoms with Crippen molar-refractivity contribution < 1.29 is 14.1 Å². The quantitative estimate of drug-likeness (QED) is 0.800. The van der Waals surface area contributed by atoms with Gasteiger partial charge in [0.05, 0.1) is 18.7 Å². The lowest BCUT2D eigenvalue weighted by Crippen LogP contribution is -2.51. The van der Waals surface area contributed by atoms with Crippen LogP contribution in [0.4, 0.5) is 0 Å². The van der Waals surface area contributed by atoms with Crippen LogP contribution in [0.3, 0.4) is 0 Å². The molecule has 1 fully saturated rings. The number of piperazine rings is 1. The first-order chi connectivity index (χ1) is 9.47. The molecule has 2 rings (SSSR count). The number of rotatable bonds is 4. The van der Waals surface area contributed by atoms with Crippen molar-refractivity contribution in [2.24, 2.45) is 5.73 Å². The highest BCUT2D eigenvalue weighted by Gasteiger charge is 2.23. The van der Waals surface area contributed by atoms with Crippen molar-refractivity contribution in [2.45, 2.75) is 20.3 Å². The second-order valence-electron chi connectivity index (χ2n) is 5.10. The topological polar surface area (TPSA) is 92.7 Å². The van der Waals surface area contributed by atoms with Gasteiger partial charge >= 0.3 is 0 Å². The number of carbonyl (C=O) groups is 2. The van der Waals surface area contributed by atoms with Gasteiger partial charge < -0.3 is 15.2 Å². The molecule has 2 amide bonds. The molecule has 1 aromatic heterocycles. The number of amides is 2. The second-order valence-corrected chi connectivity index (χ2v) is 5.10. The Labute approximate surface area is 117 Å². The molecule has 0 unspecified atom stereocenters. The molecule has 0 bridgehead atoms. The maximum Gasteiger partial charge on any atom is 0.231 e. The van der Waals surface area contributed by atoms with Crippen LogP contribution in [0.1, 0.15) is 17.0 Å². The smallest absolute Gasteiger partial charge is 0.231 e. The lowest BCUT2D eigenvalue weighted by Gasteiger charge is -2.34. The minimum absolute atomic E-state index is 0.0677. The summed E-state index contributed by atoms with van der Waals surface area (Å²) in [7, 11) is 0. The molecule has 110 valence electrons. The third-order valence-corrected chi connectivity index (χ3v) is 3.61. The van der Waals surface area contributed by atoms with E-state index in [1.165, 1.54) is 0 Å². The summed E-state index contributed by atoms with van der Waals surface area (Å²) in [5, 5.41) is 3.85. The first-order valence-corrected chi connectivity index (χ1v) is 6.67. The van der Waals surface area contributed by atoms with Crippen LogP contribution < -0.4 is 5.73 Å². The van der Waals surface area contributed by atoms with E-state index in [0.717, 1.165) is 11.3 Å². The minimum Gasteiger partial charge on any atom is -0.369 e. The molecule has 0 aromatic carbocycles. The fourth-order valence-electron chi connectivity index (χ4n) is 2.39. The van der Waals surface area contributed by atoms with Crippen LogP contribution in [0, 0.1) is 13.8 Å². The first kappa shape index (κ1) is 14.5. The summed E-state index contributed by atoms with van der Waals surface area (Å²) >= 11 is 0. The summed E-state index contributed by atoms with van der Waals surface area (Å²) in [6.07, 6.45) is 0.316. The number of hydrogen-bond acceptors (Lipinski definition) is 5. The molecule has 2 heterocycles. The van der Waals surface area contributed by atoms with Gasteiger partial charge in [-0.25, -0.2) is 0 Å². The van der Waals surface area contributed by atoms with Gasteiger partial charge in [-0.1, -0.05) is 5.16 Å². The SMILES string of the molecule is Cc1noc(C)c1CC(=O)N1CCN(CC(N)=O)CC1. The van der Waals surface area contributed by atoms with E-state index in [4.69, 9.17) is 10.3 Å². The van der Waals surface area contributed by atoms with Crippen LogP contribution in [0.5, 0.6) is 0 Å². The Morgan fingerprint density at radius 1 is 1.25 bits per heavy atom. The van der Waals surface area contributed by atoms with E-state index in [-0.39, 0.29) is 18.4 Å². The summed E-state index contributed by atoms with van der Waals surface area (Å²) in [5.41, 5.74) is 6.80. The molecule has 0 atom stereocenters. The molecule has 0 radical (unpaired) electrons. The lowest BCUT2D eigenvalue weighted by molar-refractivity contribution is -0.132. The van der Waals surface area contributed by atoms with Crippen LogP contribution in [-0.2, 0) is 16.0 Å². The van der Waals surface area contributed by atoms with Crippen molar-refractivity contribution in [1.82, 2.24) is 15.0 Å². The Balaban J connectivity index is 1.88. The van der Waals surface area contributed by atoms with Crippen molar-refractivity contribution >= 4 is 11.8 Å². The monoisotopic (exact) mass is 280 g/mol. The van der Waals surface area contributed by atoms with E-state index in [9.17, 15) is 9.59 Å². The predicted molar refractivity (Wildman–Crippen MR) is 71.9 cm³/mol. The number of aryl methyl sites for hydroxylation is 2. The van der Waals surface area contributed by atoms with Crippen molar-refractivity contribution in [2.75, 3.05) is 32.7 Å². The minimum atomic E-state index is -0.333. The molecule has 0 aliphatic carbocycles. The van der Waals surface area contributed by atoms with Gasteiger partial charge in [0.2, 0.25) is 11.8 Å². The maximum absolute atomic E-state index is 12.2. The number of aromatic nitrogens is 1. The van der Waals surface area contributed by atoms with Gasteiger partial charge in [-0.05, 0) is 13.8 Å². The number of primary amides is 1. The summed E-state index contributed by atoms with van der Waals surface area (Å²) in [5.74, 6) is 0.432. The Bertz CT molecular complexity index is 484. The fraction of sp³-hybridized carbons (Fsp3) is 0.615. The zero-order valence-electron chi connectivity index (χ0n) is 11.9. The molecule has 1 aliphatic heterocycles. The fourth-order valence-corrected chi connectivity index (χ4v) is 2.39. The highest BCUT2D eigenvalue weighted by atomic mass is 16.5. The number of nitrogens with zero attached hydrogens (tertiary/aromatic N) is 3. The van der Waals surface area contributed by atoms with Gasteiger partial charge in [-0.3, -0.25) is 14.5 Å². The van der Waals surface area contributed by atoms with Gasteiger partial charge in [0.1, 0.15) is 5.76 Å². The highest BCUT2D eigenvalue weighted by Crippen LogP contribution is 2.14. The molecule has 0 saturated carbocycles. The highest BCUT2D eigenvalue weighted by molar-refractivity contribution is 5.79. The number of hydrogen-bond donors (Lipinski definition) is 1. The summed E-state index contributed by atoms with van der Waals surface area (Å²) in [4.78, 5) is 26.9. The van der Waals surface area contributed by atoms with Gasteiger partial charge in [0.15, 0.2) is 0 Å². The maximum atomic E-state index is 12.2. The van der Waals surface area contributed by atoms with Crippen LogP contribution in [0.2, 0.25) is 0 Å². The molecule has 1 aromatic rings. The number of carbonyl (C=O) groups excluding carboxylic acids is 2. The molecule has 1 saturated heterocycles. The molecule has 7 heteroatoms. The molecule has 2 N–H and O–H groups in total. The van der Waals surface area contributed by atoms with Gasteiger partial charge in [-0.2, -0.15) is 0 Å². The average Bonchev–Trinajstić information content (AvgIpc) is 2.70. The van der Waals surface area contributed by atoms with Crippen molar-refractivity contribution in [3.05, 3.63) is 17.0 Å². The summed E-state index contributed by atoms with van der Waals surface area (Å²) in [6.45, 7) is 6.50. The Kier molecular flexibility index (Phi) is 4.39. The Morgan fingerprint density at radius 3 is 2.40 bits per heavy atom. The zero-order valence-corrected chi connectivity index (χ0v) is 11.9. The van der Waals surface area contributed by atoms with Gasteiger partial charge in [0, 0.05) is 31.7 Å².